The van der Waals surface area contributed by atoms with Crippen LogP contribution in [0.3, 0.4) is 0 Å². The molecule has 0 amide bonds. The molecule has 0 aliphatic rings. The van der Waals surface area contributed by atoms with Gasteiger partial charge < -0.3 is 10.1 Å². The van der Waals surface area contributed by atoms with Gasteiger partial charge in [0.1, 0.15) is 0 Å². The van der Waals surface area contributed by atoms with Gasteiger partial charge in [-0.25, -0.2) is 0 Å². The minimum absolute atomic E-state index is 0.0356. The zero-order valence-corrected chi connectivity index (χ0v) is 11.6. The van der Waals surface area contributed by atoms with Gasteiger partial charge in [-0.15, -0.1) is 0 Å². The van der Waals surface area contributed by atoms with E-state index in [1.165, 1.54) is 11.1 Å². The Balaban J connectivity index is 2.30. The number of benzene rings is 1. The van der Waals surface area contributed by atoms with Gasteiger partial charge in [0.05, 0.1) is 0 Å². The van der Waals surface area contributed by atoms with Gasteiger partial charge in [0.2, 0.25) is 0 Å². The molecule has 0 saturated carbocycles. The quantitative estimate of drug-likeness (QED) is 0.898. The van der Waals surface area contributed by atoms with Crippen molar-refractivity contribution in [2.24, 2.45) is 0 Å². The molecule has 0 atom stereocenters. The first-order valence-electron chi connectivity index (χ1n) is 6.49. The molecule has 20 heavy (non-hydrogen) atoms. The molecule has 2 aromatic rings. The third-order valence-electron chi connectivity index (χ3n) is 3.42. The Kier molecular flexibility index (Phi) is 4.03. The van der Waals surface area contributed by atoms with Crippen LogP contribution in [-0.4, -0.2) is 16.1 Å². The number of aromatic nitrogens is 1. The number of aromatic amines is 1. The molecule has 2 rings (SSSR count). The van der Waals surface area contributed by atoms with E-state index in [1.54, 1.807) is 6.07 Å². The molecular formula is C16H17NO3. The Morgan fingerprint density at radius 1 is 1.15 bits per heavy atom. The summed E-state index contributed by atoms with van der Waals surface area (Å²) in [6.07, 6.45) is 0.212. The van der Waals surface area contributed by atoms with Crippen LogP contribution in [0.1, 0.15) is 23.1 Å². The second-order valence-corrected chi connectivity index (χ2v) is 4.92. The number of nitrogens with one attached hydrogen (secondary N) is 1. The number of carboxylic acid groups (broad SMARTS) is 1. The smallest absolute Gasteiger partial charge is 0.303 e. The van der Waals surface area contributed by atoms with E-state index in [0.29, 0.717) is 5.56 Å². The summed E-state index contributed by atoms with van der Waals surface area (Å²) in [7, 11) is 0. The zero-order valence-electron chi connectivity index (χ0n) is 11.6. The summed E-state index contributed by atoms with van der Waals surface area (Å²) in [6, 6.07) is 9.53. The number of carboxylic acids is 1. The van der Waals surface area contributed by atoms with E-state index in [9.17, 15) is 9.59 Å². The highest BCUT2D eigenvalue weighted by Gasteiger charge is 2.06. The highest BCUT2D eigenvalue weighted by Crippen LogP contribution is 2.19. The standard InChI is InChI=1S/C16H17NO3/c1-10-3-4-13(9-11(10)2)14-7-5-12(16(20)17-14)6-8-15(18)19/h3-5,7,9H,6,8H2,1-2H3,(H,17,20)(H,18,19). The molecule has 0 aliphatic carbocycles. The molecule has 2 N–H and O–H groups in total. The lowest BCUT2D eigenvalue weighted by Crippen LogP contribution is -2.14. The molecule has 4 heteroatoms. The molecule has 0 radical (unpaired) electrons. The summed E-state index contributed by atoms with van der Waals surface area (Å²) in [5.41, 5.74) is 4.35. The van der Waals surface area contributed by atoms with E-state index in [4.69, 9.17) is 5.11 Å². The molecule has 0 saturated heterocycles. The summed E-state index contributed by atoms with van der Waals surface area (Å²) < 4.78 is 0. The van der Waals surface area contributed by atoms with E-state index in [-0.39, 0.29) is 18.4 Å². The first kappa shape index (κ1) is 14.1. The topological polar surface area (TPSA) is 70.2 Å². The van der Waals surface area contributed by atoms with Crippen molar-refractivity contribution >= 4 is 5.97 Å². The lowest BCUT2D eigenvalue weighted by Gasteiger charge is -2.06. The Labute approximate surface area is 117 Å². The molecule has 4 nitrogen and oxygen atoms in total. The van der Waals surface area contributed by atoms with Crippen LogP contribution in [0, 0.1) is 13.8 Å². The summed E-state index contributed by atoms with van der Waals surface area (Å²) in [6.45, 7) is 4.06. The van der Waals surface area contributed by atoms with E-state index >= 15 is 0 Å². The monoisotopic (exact) mass is 271 g/mol. The molecular weight excluding hydrogens is 254 g/mol. The van der Waals surface area contributed by atoms with E-state index < -0.39 is 5.97 Å². The summed E-state index contributed by atoms with van der Waals surface area (Å²) in [5, 5.41) is 8.64. The molecule has 0 bridgehead atoms. The van der Waals surface area contributed by atoms with Crippen LogP contribution >= 0.6 is 0 Å². The van der Waals surface area contributed by atoms with Gasteiger partial charge in [-0.3, -0.25) is 9.59 Å². The Morgan fingerprint density at radius 3 is 2.50 bits per heavy atom. The van der Waals surface area contributed by atoms with Crippen molar-refractivity contribution in [3.63, 3.8) is 0 Å². The maximum absolute atomic E-state index is 11.9. The van der Waals surface area contributed by atoms with Crippen molar-refractivity contribution in [2.75, 3.05) is 0 Å². The van der Waals surface area contributed by atoms with Crippen molar-refractivity contribution in [3.05, 3.63) is 57.4 Å². The largest absolute Gasteiger partial charge is 0.481 e. The number of rotatable bonds is 4. The minimum Gasteiger partial charge on any atom is -0.481 e. The number of pyridine rings is 1. The van der Waals surface area contributed by atoms with Crippen molar-refractivity contribution in [3.8, 4) is 11.3 Å². The number of carbonyl (C=O) groups is 1. The molecule has 1 aromatic carbocycles. The second kappa shape index (κ2) is 5.74. The Hall–Kier alpha value is -2.36. The van der Waals surface area contributed by atoms with E-state index in [1.807, 2.05) is 38.1 Å². The van der Waals surface area contributed by atoms with Crippen molar-refractivity contribution in [1.29, 1.82) is 0 Å². The highest BCUT2D eigenvalue weighted by atomic mass is 16.4. The molecule has 0 spiro atoms. The van der Waals surface area contributed by atoms with Crippen LogP contribution in [-0.2, 0) is 11.2 Å². The predicted molar refractivity (Wildman–Crippen MR) is 77.9 cm³/mol. The molecule has 0 unspecified atom stereocenters. The summed E-state index contributed by atoms with van der Waals surface area (Å²) >= 11 is 0. The minimum atomic E-state index is -0.900. The maximum Gasteiger partial charge on any atom is 0.303 e. The normalized spacial score (nSPS) is 10.5. The van der Waals surface area contributed by atoms with Gasteiger partial charge in [0, 0.05) is 17.7 Å². The first-order chi connectivity index (χ1) is 9.47. The fraction of sp³-hybridized carbons (Fsp3) is 0.250. The van der Waals surface area contributed by atoms with Gasteiger partial charge in [0.15, 0.2) is 0 Å². The molecule has 1 aromatic heterocycles. The van der Waals surface area contributed by atoms with Crippen LogP contribution in [0.2, 0.25) is 0 Å². The lowest BCUT2D eigenvalue weighted by atomic mass is 10.0. The molecule has 0 aliphatic heterocycles. The van der Waals surface area contributed by atoms with Crippen LogP contribution in [0.5, 0.6) is 0 Å². The van der Waals surface area contributed by atoms with Gasteiger partial charge in [-0.05, 0) is 49.1 Å². The van der Waals surface area contributed by atoms with Crippen molar-refractivity contribution < 1.29 is 9.90 Å². The zero-order chi connectivity index (χ0) is 14.7. The number of aliphatic carboxylic acids is 1. The second-order valence-electron chi connectivity index (χ2n) is 4.92. The average molecular weight is 271 g/mol. The van der Waals surface area contributed by atoms with Gasteiger partial charge in [0.25, 0.3) is 5.56 Å². The number of hydrogen-bond acceptors (Lipinski definition) is 2. The van der Waals surface area contributed by atoms with E-state index in [0.717, 1.165) is 11.3 Å². The third kappa shape index (κ3) is 3.15. The molecule has 1 heterocycles. The fourth-order valence-electron chi connectivity index (χ4n) is 2.02. The summed E-state index contributed by atoms with van der Waals surface area (Å²) in [5.74, 6) is -0.900. The van der Waals surface area contributed by atoms with Crippen LogP contribution in [0.15, 0.2) is 35.1 Å². The maximum atomic E-state index is 11.9. The van der Waals surface area contributed by atoms with Crippen LogP contribution in [0.25, 0.3) is 11.3 Å². The average Bonchev–Trinajstić information content (AvgIpc) is 2.40. The molecule has 0 fully saturated rings. The van der Waals surface area contributed by atoms with E-state index in [2.05, 4.69) is 4.98 Å². The SMILES string of the molecule is Cc1ccc(-c2ccc(CCC(=O)O)c(=O)[nH]2)cc1C. The predicted octanol–water partition coefficient (Wildman–Crippen LogP) is 2.68. The van der Waals surface area contributed by atoms with Crippen LogP contribution in [0.4, 0.5) is 0 Å². The number of hydrogen-bond donors (Lipinski definition) is 2. The van der Waals surface area contributed by atoms with Crippen molar-refractivity contribution in [2.45, 2.75) is 26.7 Å². The first-order valence-corrected chi connectivity index (χ1v) is 6.49. The number of aryl methyl sites for hydroxylation is 3. The highest BCUT2D eigenvalue weighted by molar-refractivity contribution is 5.67. The summed E-state index contributed by atoms with van der Waals surface area (Å²) in [4.78, 5) is 25.3. The number of H-pyrrole nitrogens is 1. The van der Waals surface area contributed by atoms with Crippen molar-refractivity contribution in [1.82, 2.24) is 4.98 Å². The van der Waals surface area contributed by atoms with Gasteiger partial charge >= 0.3 is 5.97 Å². The van der Waals surface area contributed by atoms with Gasteiger partial charge in [-0.2, -0.15) is 0 Å². The molecule has 104 valence electrons. The lowest BCUT2D eigenvalue weighted by molar-refractivity contribution is -0.136. The Morgan fingerprint density at radius 2 is 1.90 bits per heavy atom. The van der Waals surface area contributed by atoms with Gasteiger partial charge in [-0.1, -0.05) is 18.2 Å². The fourth-order valence-corrected chi connectivity index (χ4v) is 2.02. The van der Waals surface area contributed by atoms with Crippen LogP contribution < -0.4 is 5.56 Å². The Bertz CT molecular complexity index is 701. The third-order valence-corrected chi connectivity index (χ3v) is 3.42.